The Morgan fingerprint density at radius 3 is 2.40 bits per heavy atom. The molecular weight excluding hydrogens is 420 g/mol. The van der Waals surface area contributed by atoms with Crippen LogP contribution in [0.15, 0.2) is 48.5 Å². The van der Waals surface area contributed by atoms with Crippen LogP contribution in [0.1, 0.15) is 24.5 Å². The fourth-order valence-corrected chi connectivity index (χ4v) is 5.06. The molecule has 3 aromatic rings. The Kier molecular flexibility index (Phi) is 6.52. The highest BCUT2D eigenvalue weighted by atomic mass is 32.2. The minimum atomic E-state index is -3.69. The number of nitrogens with zero attached hydrogens (tertiary/aromatic N) is 3. The molecule has 7 nitrogen and oxygen atoms in total. The number of sulfonamides is 1. The van der Waals surface area contributed by atoms with E-state index in [9.17, 15) is 13.2 Å². The van der Waals surface area contributed by atoms with Crippen molar-refractivity contribution in [2.24, 2.45) is 0 Å². The summed E-state index contributed by atoms with van der Waals surface area (Å²) in [5, 5.41) is 11.9. The number of rotatable bonds is 7. The van der Waals surface area contributed by atoms with Crippen molar-refractivity contribution in [2.75, 3.05) is 15.9 Å². The molecule has 0 unspecified atom stereocenters. The van der Waals surface area contributed by atoms with Crippen molar-refractivity contribution in [2.45, 2.75) is 33.2 Å². The van der Waals surface area contributed by atoms with Gasteiger partial charge in [-0.1, -0.05) is 60.2 Å². The van der Waals surface area contributed by atoms with E-state index in [4.69, 9.17) is 0 Å². The van der Waals surface area contributed by atoms with Crippen LogP contribution in [0.4, 0.5) is 10.8 Å². The van der Waals surface area contributed by atoms with E-state index in [1.165, 1.54) is 11.3 Å². The van der Waals surface area contributed by atoms with Gasteiger partial charge in [-0.25, -0.2) is 8.42 Å². The first-order valence-corrected chi connectivity index (χ1v) is 12.1. The Bertz CT molecular complexity index is 1140. The van der Waals surface area contributed by atoms with Gasteiger partial charge in [0, 0.05) is 5.56 Å². The van der Waals surface area contributed by atoms with Crippen LogP contribution >= 0.6 is 11.3 Å². The van der Waals surface area contributed by atoms with Gasteiger partial charge in [-0.15, -0.1) is 10.2 Å². The molecule has 0 fully saturated rings. The molecule has 0 saturated carbocycles. The highest BCUT2D eigenvalue weighted by molar-refractivity contribution is 7.92. The Hall–Kier alpha value is -2.78. The molecule has 1 amide bonds. The summed E-state index contributed by atoms with van der Waals surface area (Å²) in [4.78, 5) is 13.0. The van der Waals surface area contributed by atoms with Gasteiger partial charge < -0.3 is 0 Å². The number of hydrogen-bond donors (Lipinski definition) is 1. The lowest BCUT2D eigenvalue weighted by Crippen LogP contribution is -2.47. The molecule has 1 heterocycles. The average molecular weight is 445 g/mol. The second-order valence-corrected chi connectivity index (χ2v) is 9.93. The lowest BCUT2D eigenvalue weighted by atomic mass is 10.1. The first kappa shape index (κ1) is 21.9. The molecule has 0 aliphatic heterocycles. The van der Waals surface area contributed by atoms with Crippen molar-refractivity contribution >= 4 is 38.1 Å². The van der Waals surface area contributed by atoms with Gasteiger partial charge in [0.1, 0.15) is 11.0 Å². The molecule has 9 heteroatoms. The second-order valence-electron chi connectivity index (χ2n) is 7.09. The van der Waals surface area contributed by atoms with Gasteiger partial charge >= 0.3 is 0 Å². The van der Waals surface area contributed by atoms with E-state index in [0.717, 1.165) is 27.3 Å². The third kappa shape index (κ3) is 5.03. The Morgan fingerprint density at radius 1 is 1.10 bits per heavy atom. The number of hydrogen-bond acceptors (Lipinski definition) is 6. The first-order valence-electron chi connectivity index (χ1n) is 9.46. The number of benzene rings is 2. The van der Waals surface area contributed by atoms with Crippen LogP contribution in [0, 0.1) is 13.8 Å². The summed E-state index contributed by atoms with van der Waals surface area (Å²) in [7, 11) is -3.69. The third-order valence-electron chi connectivity index (χ3n) is 4.54. The van der Waals surface area contributed by atoms with Crippen molar-refractivity contribution < 1.29 is 13.2 Å². The normalized spacial score (nSPS) is 12.4. The fraction of sp³-hybridized carbons (Fsp3) is 0.286. The molecule has 0 radical (unpaired) electrons. The molecule has 0 aliphatic rings. The zero-order chi connectivity index (χ0) is 21.9. The van der Waals surface area contributed by atoms with E-state index >= 15 is 0 Å². The molecular formula is C21H24N4O3S2. The van der Waals surface area contributed by atoms with Gasteiger partial charge in [-0.2, -0.15) is 0 Å². The molecule has 1 atom stereocenters. The van der Waals surface area contributed by atoms with Crippen molar-refractivity contribution in [3.05, 3.63) is 59.7 Å². The highest BCUT2D eigenvalue weighted by Gasteiger charge is 2.32. The van der Waals surface area contributed by atoms with Crippen LogP contribution in [0.3, 0.4) is 0 Å². The van der Waals surface area contributed by atoms with Crippen molar-refractivity contribution in [1.29, 1.82) is 0 Å². The highest BCUT2D eigenvalue weighted by Crippen LogP contribution is 2.28. The van der Waals surface area contributed by atoms with Crippen molar-refractivity contribution in [3.8, 4) is 10.6 Å². The monoisotopic (exact) mass is 444 g/mol. The van der Waals surface area contributed by atoms with Crippen LogP contribution < -0.4 is 9.62 Å². The van der Waals surface area contributed by atoms with Crippen molar-refractivity contribution in [1.82, 2.24) is 10.2 Å². The molecule has 30 heavy (non-hydrogen) atoms. The van der Waals surface area contributed by atoms with E-state index < -0.39 is 22.0 Å². The summed E-state index contributed by atoms with van der Waals surface area (Å²) >= 11 is 1.24. The zero-order valence-corrected chi connectivity index (χ0v) is 18.9. The second kappa shape index (κ2) is 8.93. The molecule has 0 spiro atoms. The summed E-state index contributed by atoms with van der Waals surface area (Å²) in [6.07, 6.45) is 1.40. The molecule has 2 aromatic carbocycles. The van der Waals surface area contributed by atoms with E-state index in [1.54, 1.807) is 25.1 Å². The Labute approximate surface area is 180 Å². The molecule has 1 N–H and O–H groups in total. The minimum absolute atomic E-state index is 0.302. The van der Waals surface area contributed by atoms with Crippen LogP contribution in [-0.4, -0.2) is 36.8 Å². The molecule has 1 aromatic heterocycles. The fourth-order valence-electron chi connectivity index (χ4n) is 3.10. The lowest BCUT2D eigenvalue weighted by Gasteiger charge is -2.30. The predicted molar refractivity (Wildman–Crippen MR) is 121 cm³/mol. The average Bonchev–Trinajstić information content (AvgIpc) is 3.13. The largest absolute Gasteiger partial charge is 0.299 e. The first-order chi connectivity index (χ1) is 14.2. The van der Waals surface area contributed by atoms with Crippen LogP contribution in [0.5, 0.6) is 0 Å². The van der Waals surface area contributed by atoms with Gasteiger partial charge in [0.2, 0.25) is 21.1 Å². The van der Waals surface area contributed by atoms with Gasteiger partial charge in [-0.05, 0) is 38.0 Å². The number of nitrogens with one attached hydrogen (secondary N) is 1. The Balaban J connectivity index is 1.85. The Morgan fingerprint density at radius 2 is 1.80 bits per heavy atom. The number of amides is 1. The number of anilines is 2. The molecule has 0 aliphatic carbocycles. The smallest absolute Gasteiger partial charge is 0.250 e. The van der Waals surface area contributed by atoms with E-state index in [-0.39, 0.29) is 0 Å². The minimum Gasteiger partial charge on any atom is -0.299 e. The SMILES string of the molecule is CC[C@H](C(=O)Nc1nnc(-c2ccc(C)cc2)s1)N(c1cccc(C)c1)S(C)(=O)=O. The molecule has 0 saturated heterocycles. The van der Waals surface area contributed by atoms with Gasteiger partial charge in [0.05, 0.1) is 11.9 Å². The topological polar surface area (TPSA) is 92.3 Å². The van der Waals surface area contributed by atoms with E-state index in [1.807, 2.05) is 44.2 Å². The lowest BCUT2D eigenvalue weighted by molar-refractivity contribution is -0.117. The van der Waals surface area contributed by atoms with Gasteiger partial charge in [0.15, 0.2) is 0 Å². The summed E-state index contributed by atoms with van der Waals surface area (Å²) in [6, 6.07) is 14.0. The molecule has 3 rings (SSSR count). The number of aromatic nitrogens is 2. The van der Waals surface area contributed by atoms with Crippen LogP contribution in [-0.2, 0) is 14.8 Å². The van der Waals surface area contributed by atoms with Crippen molar-refractivity contribution in [3.63, 3.8) is 0 Å². The van der Waals surface area contributed by atoms with E-state index in [0.29, 0.717) is 22.2 Å². The molecule has 158 valence electrons. The number of carbonyl (C=O) groups is 1. The summed E-state index contributed by atoms with van der Waals surface area (Å²) < 4.78 is 26.2. The summed E-state index contributed by atoms with van der Waals surface area (Å²) in [5.41, 5.74) is 3.41. The maximum absolute atomic E-state index is 13.0. The summed E-state index contributed by atoms with van der Waals surface area (Å²) in [6.45, 7) is 5.65. The van der Waals surface area contributed by atoms with Crippen LogP contribution in [0.2, 0.25) is 0 Å². The number of carbonyl (C=O) groups excluding carboxylic acids is 1. The predicted octanol–water partition coefficient (Wildman–Crippen LogP) is 4.01. The van der Waals surface area contributed by atoms with E-state index in [2.05, 4.69) is 15.5 Å². The zero-order valence-electron chi connectivity index (χ0n) is 17.3. The number of aryl methyl sites for hydroxylation is 2. The van der Waals surface area contributed by atoms with Gasteiger partial charge in [0.25, 0.3) is 0 Å². The molecule has 0 bridgehead atoms. The third-order valence-corrected chi connectivity index (χ3v) is 6.61. The van der Waals surface area contributed by atoms with Gasteiger partial charge in [-0.3, -0.25) is 14.4 Å². The summed E-state index contributed by atoms with van der Waals surface area (Å²) in [5.74, 6) is -0.448. The standard InChI is InChI=1S/C21H24N4O3S2/c1-5-18(25(30(4,27)28)17-8-6-7-15(3)13-17)19(26)22-21-24-23-20(29-21)16-11-9-14(2)10-12-16/h6-13,18H,5H2,1-4H3,(H,22,24,26)/t18-/m1/s1. The maximum atomic E-state index is 13.0. The maximum Gasteiger partial charge on any atom is 0.250 e. The quantitative estimate of drug-likeness (QED) is 0.594. The van der Waals surface area contributed by atoms with Crippen LogP contribution in [0.25, 0.3) is 10.6 Å².